The molecule has 0 N–H and O–H groups in total. The van der Waals surface area contributed by atoms with E-state index in [1.807, 2.05) is 0 Å². The van der Waals surface area contributed by atoms with E-state index in [2.05, 4.69) is 34.1 Å². The number of nitrogens with zero attached hydrogens (tertiary/aromatic N) is 3. The van der Waals surface area contributed by atoms with E-state index in [0.29, 0.717) is 6.54 Å². The maximum atomic E-state index is 11.8. The van der Waals surface area contributed by atoms with E-state index in [-0.39, 0.29) is 17.8 Å². The number of thiophene rings is 1. The van der Waals surface area contributed by atoms with Crippen LogP contribution in [0.1, 0.15) is 12.5 Å². The quantitative estimate of drug-likeness (QED) is 0.794. The maximum Gasteiger partial charge on any atom is 0.310 e. The summed E-state index contributed by atoms with van der Waals surface area (Å²) in [4.78, 5) is 22.7. The first-order chi connectivity index (χ1) is 9.61. The number of fused-ring (bicyclic) bond motifs is 1. The van der Waals surface area contributed by atoms with Gasteiger partial charge in [0.1, 0.15) is 12.1 Å². The van der Waals surface area contributed by atoms with Crippen LogP contribution in [-0.4, -0.2) is 36.1 Å². The zero-order valence-electron chi connectivity index (χ0n) is 11.8. The van der Waals surface area contributed by atoms with E-state index in [1.54, 1.807) is 17.7 Å². The van der Waals surface area contributed by atoms with Crippen molar-refractivity contribution in [3.05, 3.63) is 17.3 Å². The van der Waals surface area contributed by atoms with Gasteiger partial charge in [-0.25, -0.2) is 9.97 Å². The molecule has 2 unspecified atom stereocenters. The summed E-state index contributed by atoms with van der Waals surface area (Å²) >= 11 is 1.66. The molecule has 0 amide bonds. The first-order valence-corrected chi connectivity index (χ1v) is 7.51. The summed E-state index contributed by atoms with van der Waals surface area (Å²) in [6, 6.07) is 0. The zero-order chi connectivity index (χ0) is 14.3. The molecule has 20 heavy (non-hydrogen) atoms. The minimum absolute atomic E-state index is 0.0777. The highest BCUT2D eigenvalue weighted by Gasteiger charge is 2.36. The summed E-state index contributed by atoms with van der Waals surface area (Å²) in [5, 5.41) is 2.10. The molecule has 3 rings (SSSR count). The molecule has 0 bridgehead atoms. The lowest BCUT2D eigenvalue weighted by atomic mass is 9.99. The van der Waals surface area contributed by atoms with E-state index in [0.717, 1.165) is 22.6 Å². The molecule has 0 saturated carbocycles. The van der Waals surface area contributed by atoms with Crippen molar-refractivity contribution in [2.45, 2.75) is 13.8 Å². The second kappa shape index (κ2) is 5.01. The monoisotopic (exact) mass is 291 g/mol. The average molecular weight is 291 g/mol. The SMILES string of the molecule is COC(=O)C1CN(c2ncnc3c(C)csc23)CC1C. The molecule has 1 saturated heterocycles. The van der Waals surface area contributed by atoms with Crippen LogP contribution in [0.2, 0.25) is 0 Å². The molecule has 0 radical (unpaired) electrons. The van der Waals surface area contributed by atoms with Crippen LogP contribution in [0.15, 0.2) is 11.7 Å². The molecule has 0 aromatic carbocycles. The third-order valence-electron chi connectivity index (χ3n) is 3.93. The number of methoxy groups -OCH3 is 1. The molecule has 1 fully saturated rings. The van der Waals surface area contributed by atoms with Gasteiger partial charge in [-0.1, -0.05) is 6.92 Å². The van der Waals surface area contributed by atoms with Gasteiger partial charge in [0.2, 0.25) is 0 Å². The van der Waals surface area contributed by atoms with Gasteiger partial charge in [0.15, 0.2) is 0 Å². The lowest BCUT2D eigenvalue weighted by Gasteiger charge is -2.17. The second-order valence-electron chi connectivity index (χ2n) is 5.31. The molecule has 2 atom stereocenters. The van der Waals surface area contributed by atoms with Gasteiger partial charge in [0.05, 0.1) is 23.2 Å². The fraction of sp³-hybridized carbons (Fsp3) is 0.500. The number of esters is 1. The topological polar surface area (TPSA) is 55.3 Å². The van der Waals surface area contributed by atoms with Crippen LogP contribution in [0.4, 0.5) is 5.82 Å². The van der Waals surface area contributed by atoms with Gasteiger partial charge in [-0.2, -0.15) is 0 Å². The van der Waals surface area contributed by atoms with Crippen LogP contribution in [0.25, 0.3) is 10.2 Å². The van der Waals surface area contributed by atoms with Crippen LogP contribution < -0.4 is 4.90 Å². The number of aryl methyl sites for hydroxylation is 1. The molecule has 5 nitrogen and oxygen atoms in total. The molecule has 6 heteroatoms. The van der Waals surface area contributed by atoms with Gasteiger partial charge in [-0.3, -0.25) is 4.79 Å². The zero-order valence-corrected chi connectivity index (χ0v) is 12.6. The van der Waals surface area contributed by atoms with Crippen molar-refractivity contribution in [1.29, 1.82) is 0 Å². The van der Waals surface area contributed by atoms with Gasteiger partial charge < -0.3 is 9.64 Å². The average Bonchev–Trinajstić information content (AvgIpc) is 3.02. The van der Waals surface area contributed by atoms with Crippen molar-refractivity contribution in [3.8, 4) is 0 Å². The smallest absolute Gasteiger partial charge is 0.310 e. The van der Waals surface area contributed by atoms with Crippen molar-refractivity contribution < 1.29 is 9.53 Å². The Kier molecular flexibility index (Phi) is 3.33. The number of anilines is 1. The highest BCUT2D eigenvalue weighted by molar-refractivity contribution is 7.18. The molecule has 106 valence electrons. The minimum atomic E-state index is -0.132. The molecule has 0 aliphatic carbocycles. The molecule has 3 heterocycles. The van der Waals surface area contributed by atoms with Crippen LogP contribution in [0.3, 0.4) is 0 Å². The van der Waals surface area contributed by atoms with Crippen LogP contribution >= 0.6 is 11.3 Å². The van der Waals surface area contributed by atoms with E-state index >= 15 is 0 Å². The van der Waals surface area contributed by atoms with Crippen molar-refractivity contribution >= 4 is 33.3 Å². The number of carbonyl (C=O) groups excluding carboxylic acids is 1. The van der Waals surface area contributed by atoms with Crippen LogP contribution in [0.5, 0.6) is 0 Å². The Hall–Kier alpha value is -1.69. The molecule has 1 aliphatic rings. The number of aromatic nitrogens is 2. The molecule has 0 spiro atoms. The number of rotatable bonds is 2. The standard InChI is InChI=1S/C14H17N3O2S/c1-8-4-17(5-10(8)14(18)19-3)13-12-11(15-7-16-13)9(2)6-20-12/h6-8,10H,4-5H2,1-3H3. The summed E-state index contributed by atoms with van der Waals surface area (Å²) in [5.41, 5.74) is 2.18. The van der Waals surface area contributed by atoms with Gasteiger partial charge in [0, 0.05) is 13.1 Å². The Bertz CT molecular complexity index is 655. The second-order valence-corrected chi connectivity index (χ2v) is 6.19. The van der Waals surface area contributed by atoms with Crippen LogP contribution in [-0.2, 0) is 9.53 Å². The molecule has 2 aromatic rings. The summed E-state index contributed by atoms with van der Waals surface area (Å²) in [6.07, 6.45) is 1.60. The van der Waals surface area contributed by atoms with Crippen molar-refractivity contribution in [2.75, 3.05) is 25.1 Å². The van der Waals surface area contributed by atoms with Crippen molar-refractivity contribution in [3.63, 3.8) is 0 Å². The lowest BCUT2D eigenvalue weighted by Crippen LogP contribution is -2.24. The number of carbonyl (C=O) groups is 1. The van der Waals surface area contributed by atoms with Gasteiger partial charge >= 0.3 is 5.97 Å². The Morgan fingerprint density at radius 2 is 2.25 bits per heavy atom. The first-order valence-electron chi connectivity index (χ1n) is 6.63. The maximum absolute atomic E-state index is 11.8. The third kappa shape index (κ3) is 2.04. The molecular formula is C14H17N3O2S. The van der Waals surface area contributed by atoms with Gasteiger partial charge in [-0.05, 0) is 23.8 Å². The number of ether oxygens (including phenoxy) is 1. The third-order valence-corrected chi connectivity index (χ3v) is 5.01. The Morgan fingerprint density at radius 3 is 3.00 bits per heavy atom. The first kappa shape index (κ1) is 13.3. The predicted molar refractivity (Wildman–Crippen MR) is 79.0 cm³/mol. The van der Waals surface area contributed by atoms with E-state index in [4.69, 9.17) is 4.74 Å². The summed E-state index contributed by atoms with van der Waals surface area (Å²) in [5.74, 6) is 0.999. The molecule has 2 aromatic heterocycles. The van der Waals surface area contributed by atoms with Gasteiger partial charge in [0.25, 0.3) is 0 Å². The largest absolute Gasteiger partial charge is 0.469 e. The van der Waals surface area contributed by atoms with Crippen LogP contribution in [0, 0.1) is 18.8 Å². The summed E-state index contributed by atoms with van der Waals surface area (Å²) in [6.45, 7) is 5.62. The number of hydrogen-bond donors (Lipinski definition) is 0. The Balaban J connectivity index is 1.95. The minimum Gasteiger partial charge on any atom is -0.469 e. The molecule has 1 aliphatic heterocycles. The normalized spacial score (nSPS) is 22.4. The Morgan fingerprint density at radius 1 is 1.45 bits per heavy atom. The van der Waals surface area contributed by atoms with E-state index in [1.165, 1.54) is 12.7 Å². The van der Waals surface area contributed by atoms with Crippen molar-refractivity contribution in [1.82, 2.24) is 9.97 Å². The Labute approximate surface area is 121 Å². The van der Waals surface area contributed by atoms with Gasteiger partial charge in [-0.15, -0.1) is 11.3 Å². The van der Waals surface area contributed by atoms with Crippen molar-refractivity contribution in [2.24, 2.45) is 11.8 Å². The van der Waals surface area contributed by atoms with E-state index < -0.39 is 0 Å². The summed E-state index contributed by atoms with van der Waals surface area (Å²) in [7, 11) is 1.45. The highest BCUT2D eigenvalue weighted by atomic mass is 32.1. The fourth-order valence-corrected chi connectivity index (χ4v) is 3.80. The van der Waals surface area contributed by atoms with E-state index in [9.17, 15) is 4.79 Å². The summed E-state index contributed by atoms with van der Waals surface area (Å²) < 4.78 is 5.98. The highest BCUT2D eigenvalue weighted by Crippen LogP contribution is 2.35. The lowest BCUT2D eigenvalue weighted by molar-refractivity contribution is -0.145. The fourth-order valence-electron chi connectivity index (χ4n) is 2.78. The predicted octanol–water partition coefficient (Wildman–Crippen LogP) is 2.25. The molecular weight excluding hydrogens is 274 g/mol. The number of hydrogen-bond acceptors (Lipinski definition) is 6.